The standard InChI is InChI=1S/C12H16BrNO/c1-9-5-7-15-12(9)11(13)8-10-4-2-3-6-14-10/h2-4,6,9,11-12H,5,7-8H2,1H3. The average Bonchev–Trinajstić information content (AvgIpc) is 2.66. The van der Waals surface area contributed by atoms with Crippen molar-refractivity contribution in [3.63, 3.8) is 0 Å². The summed E-state index contributed by atoms with van der Waals surface area (Å²) in [6.45, 7) is 3.15. The van der Waals surface area contributed by atoms with E-state index in [0.29, 0.717) is 16.8 Å². The van der Waals surface area contributed by atoms with Crippen molar-refractivity contribution in [3.05, 3.63) is 30.1 Å². The van der Waals surface area contributed by atoms with Gasteiger partial charge in [0, 0.05) is 29.7 Å². The molecule has 3 heteroatoms. The Hall–Kier alpha value is -0.410. The van der Waals surface area contributed by atoms with Crippen molar-refractivity contribution in [2.24, 2.45) is 5.92 Å². The SMILES string of the molecule is CC1CCOC1C(Br)Cc1ccccn1. The third kappa shape index (κ3) is 2.79. The van der Waals surface area contributed by atoms with E-state index in [4.69, 9.17) is 4.74 Å². The third-order valence-corrected chi connectivity index (χ3v) is 3.78. The molecule has 0 spiro atoms. The van der Waals surface area contributed by atoms with Gasteiger partial charge in [0.05, 0.1) is 6.10 Å². The number of pyridine rings is 1. The van der Waals surface area contributed by atoms with Crippen LogP contribution in [0.2, 0.25) is 0 Å². The van der Waals surface area contributed by atoms with Gasteiger partial charge in [-0.05, 0) is 24.5 Å². The van der Waals surface area contributed by atoms with Crippen molar-refractivity contribution in [3.8, 4) is 0 Å². The van der Waals surface area contributed by atoms with Crippen LogP contribution in [-0.4, -0.2) is 22.5 Å². The van der Waals surface area contributed by atoms with Gasteiger partial charge in [-0.1, -0.05) is 28.9 Å². The molecule has 15 heavy (non-hydrogen) atoms. The average molecular weight is 270 g/mol. The lowest BCUT2D eigenvalue weighted by Crippen LogP contribution is -2.27. The van der Waals surface area contributed by atoms with Crippen molar-refractivity contribution in [2.75, 3.05) is 6.61 Å². The molecule has 3 atom stereocenters. The second-order valence-corrected chi connectivity index (χ2v) is 5.32. The maximum atomic E-state index is 5.72. The molecule has 0 N–H and O–H groups in total. The molecule has 0 radical (unpaired) electrons. The number of hydrogen-bond acceptors (Lipinski definition) is 2. The minimum absolute atomic E-state index is 0.340. The number of aromatic nitrogens is 1. The zero-order valence-electron chi connectivity index (χ0n) is 8.90. The quantitative estimate of drug-likeness (QED) is 0.788. The molecular weight excluding hydrogens is 254 g/mol. The smallest absolute Gasteiger partial charge is 0.0730 e. The van der Waals surface area contributed by atoms with E-state index in [1.165, 1.54) is 6.42 Å². The monoisotopic (exact) mass is 269 g/mol. The normalized spacial score (nSPS) is 27.9. The molecule has 1 aromatic rings. The fourth-order valence-electron chi connectivity index (χ4n) is 2.01. The molecular formula is C12H16BrNO. The highest BCUT2D eigenvalue weighted by molar-refractivity contribution is 9.09. The number of alkyl halides is 1. The first-order valence-electron chi connectivity index (χ1n) is 5.43. The van der Waals surface area contributed by atoms with Crippen LogP contribution in [0.15, 0.2) is 24.4 Å². The zero-order valence-corrected chi connectivity index (χ0v) is 10.5. The molecule has 0 aliphatic carbocycles. The van der Waals surface area contributed by atoms with E-state index in [0.717, 1.165) is 18.7 Å². The van der Waals surface area contributed by atoms with Gasteiger partial charge in [0.1, 0.15) is 0 Å². The Kier molecular flexibility index (Phi) is 3.76. The molecule has 82 valence electrons. The molecule has 1 aliphatic rings. The van der Waals surface area contributed by atoms with Crippen LogP contribution in [-0.2, 0) is 11.2 Å². The number of nitrogens with zero attached hydrogens (tertiary/aromatic N) is 1. The summed E-state index contributed by atoms with van der Waals surface area (Å²) in [5.41, 5.74) is 1.13. The Morgan fingerprint density at radius 2 is 2.47 bits per heavy atom. The van der Waals surface area contributed by atoms with Gasteiger partial charge in [0.15, 0.2) is 0 Å². The van der Waals surface area contributed by atoms with E-state index in [1.54, 1.807) is 0 Å². The third-order valence-electron chi connectivity index (χ3n) is 2.93. The lowest BCUT2D eigenvalue weighted by molar-refractivity contribution is 0.0932. The number of hydrogen-bond donors (Lipinski definition) is 0. The second kappa shape index (κ2) is 5.08. The van der Waals surface area contributed by atoms with Gasteiger partial charge < -0.3 is 4.74 Å². The summed E-state index contributed by atoms with van der Waals surface area (Å²) in [4.78, 5) is 4.71. The highest BCUT2D eigenvalue weighted by Crippen LogP contribution is 2.28. The summed E-state index contributed by atoms with van der Waals surface area (Å²) in [5.74, 6) is 0.651. The fourth-order valence-corrected chi connectivity index (χ4v) is 3.02. The maximum absolute atomic E-state index is 5.72. The zero-order chi connectivity index (χ0) is 10.7. The van der Waals surface area contributed by atoms with Gasteiger partial charge in [-0.2, -0.15) is 0 Å². The summed E-state index contributed by atoms with van der Waals surface area (Å²) in [5, 5.41) is 0. The Morgan fingerprint density at radius 3 is 3.07 bits per heavy atom. The van der Waals surface area contributed by atoms with E-state index in [-0.39, 0.29) is 0 Å². The summed E-state index contributed by atoms with van der Waals surface area (Å²) in [6.07, 6.45) is 4.30. The molecule has 1 saturated heterocycles. The molecule has 0 bridgehead atoms. The van der Waals surface area contributed by atoms with Gasteiger partial charge in [0.2, 0.25) is 0 Å². The highest BCUT2D eigenvalue weighted by Gasteiger charge is 2.30. The van der Waals surface area contributed by atoms with Crippen molar-refractivity contribution in [2.45, 2.75) is 30.7 Å². The molecule has 1 fully saturated rings. The Morgan fingerprint density at radius 1 is 1.60 bits per heavy atom. The highest BCUT2D eigenvalue weighted by atomic mass is 79.9. The molecule has 1 aromatic heterocycles. The van der Waals surface area contributed by atoms with Crippen molar-refractivity contribution in [1.29, 1.82) is 0 Å². The topological polar surface area (TPSA) is 22.1 Å². The molecule has 3 unspecified atom stereocenters. The van der Waals surface area contributed by atoms with E-state index < -0.39 is 0 Å². The summed E-state index contributed by atoms with van der Waals surface area (Å²) in [7, 11) is 0. The lowest BCUT2D eigenvalue weighted by atomic mass is 9.99. The summed E-state index contributed by atoms with van der Waals surface area (Å²) < 4.78 is 5.72. The van der Waals surface area contributed by atoms with Gasteiger partial charge in [-0.15, -0.1) is 0 Å². The minimum Gasteiger partial charge on any atom is -0.377 e. The Balaban J connectivity index is 1.94. The second-order valence-electron chi connectivity index (χ2n) is 4.14. The predicted octanol–water partition coefficient (Wildman–Crippen LogP) is 2.81. The van der Waals surface area contributed by atoms with Gasteiger partial charge in [0.25, 0.3) is 0 Å². The molecule has 0 aromatic carbocycles. The van der Waals surface area contributed by atoms with Crippen LogP contribution in [0.25, 0.3) is 0 Å². The molecule has 0 amide bonds. The first-order chi connectivity index (χ1) is 7.27. The van der Waals surface area contributed by atoms with Crippen LogP contribution in [0, 0.1) is 5.92 Å². The van der Waals surface area contributed by atoms with E-state index in [1.807, 2.05) is 18.3 Å². The van der Waals surface area contributed by atoms with Gasteiger partial charge >= 0.3 is 0 Å². The lowest BCUT2D eigenvalue weighted by Gasteiger charge is -2.20. The first kappa shape index (κ1) is 11.1. The first-order valence-corrected chi connectivity index (χ1v) is 6.34. The minimum atomic E-state index is 0.340. The van der Waals surface area contributed by atoms with Crippen LogP contribution in [0.5, 0.6) is 0 Å². The summed E-state index contributed by atoms with van der Waals surface area (Å²) >= 11 is 3.72. The number of halogens is 1. The number of ether oxygens (including phenoxy) is 1. The number of rotatable bonds is 3. The maximum Gasteiger partial charge on any atom is 0.0730 e. The predicted molar refractivity (Wildman–Crippen MR) is 64.2 cm³/mol. The fraction of sp³-hybridized carbons (Fsp3) is 0.583. The molecule has 1 aliphatic heterocycles. The molecule has 2 nitrogen and oxygen atoms in total. The van der Waals surface area contributed by atoms with Crippen molar-refractivity contribution >= 4 is 15.9 Å². The van der Waals surface area contributed by atoms with E-state index in [2.05, 4.69) is 33.9 Å². The van der Waals surface area contributed by atoms with Crippen molar-refractivity contribution in [1.82, 2.24) is 4.98 Å². The molecule has 2 rings (SSSR count). The van der Waals surface area contributed by atoms with Crippen LogP contribution in [0.4, 0.5) is 0 Å². The summed E-state index contributed by atoms with van der Waals surface area (Å²) in [6, 6.07) is 6.04. The van der Waals surface area contributed by atoms with Crippen LogP contribution in [0.1, 0.15) is 19.0 Å². The van der Waals surface area contributed by atoms with Crippen LogP contribution >= 0.6 is 15.9 Å². The molecule has 2 heterocycles. The molecule has 0 saturated carbocycles. The Bertz CT molecular complexity index is 304. The van der Waals surface area contributed by atoms with Gasteiger partial charge in [-0.25, -0.2) is 0 Å². The van der Waals surface area contributed by atoms with Crippen LogP contribution in [0.3, 0.4) is 0 Å². The Labute approximate surface area is 99.2 Å². The van der Waals surface area contributed by atoms with E-state index in [9.17, 15) is 0 Å². The van der Waals surface area contributed by atoms with Gasteiger partial charge in [-0.3, -0.25) is 4.98 Å². The van der Waals surface area contributed by atoms with E-state index >= 15 is 0 Å². The van der Waals surface area contributed by atoms with Crippen LogP contribution < -0.4 is 0 Å². The van der Waals surface area contributed by atoms with Crippen molar-refractivity contribution < 1.29 is 4.74 Å². The largest absolute Gasteiger partial charge is 0.377 e.